The van der Waals surface area contributed by atoms with E-state index in [0.29, 0.717) is 25.0 Å². The third kappa shape index (κ3) is 5.37. The summed E-state index contributed by atoms with van der Waals surface area (Å²) in [6.07, 6.45) is 4.46. The van der Waals surface area contributed by atoms with Gasteiger partial charge in [-0.1, -0.05) is 39.0 Å². The van der Waals surface area contributed by atoms with E-state index in [2.05, 4.69) is 33.9 Å². The summed E-state index contributed by atoms with van der Waals surface area (Å²) in [6.45, 7) is 14.0. The molecule has 1 atom stereocenters. The Morgan fingerprint density at radius 2 is 1.72 bits per heavy atom. The molecule has 1 amide bonds. The van der Waals surface area contributed by atoms with Gasteiger partial charge in [-0.15, -0.1) is 0 Å². The molecule has 1 aliphatic heterocycles. The van der Waals surface area contributed by atoms with Gasteiger partial charge in [0.2, 0.25) is 5.91 Å². The summed E-state index contributed by atoms with van der Waals surface area (Å²) in [6, 6.07) is 7.99. The van der Waals surface area contributed by atoms with Crippen LogP contribution in [0.3, 0.4) is 0 Å². The summed E-state index contributed by atoms with van der Waals surface area (Å²) in [4.78, 5) is 26.8. The van der Waals surface area contributed by atoms with Crippen LogP contribution in [0.15, 0.2) is 24.3 Å². The fraction of sp³-hybridized carbons (Fsp3) is 0.667. The molecule has 0 N–H and O–H groups in total. The first-order valence-electron chi connectivity index (χ1n) is 10.9. The van der Waals surface area contributed by atoms with Crippen LogP contribution in [0.5, 0.6) is 0 Å². The zero-order chi connectivity index (χ0) is 21.9. The zero-order valence-electron chi connectivity index (χ0n) is 19.4. The number of rotatable bonds is 10. The van der Waals surface area contributed by atoms with Gasteiger partial charge in [0.25, 0.3) is 0 Å². The number of nitrogens with zero attached hydrogens (tertiary/aromatic N) is 1. The number of ketones is 1. The monoisotopic (exact) mass is 417 g/mol. The number of para-hydroxylation sites is 1. The Kier molecular flexibility index (Phi) is 7.50. The Morgan fingerprint density at radius 3 is 2.38 bits per heavy atom. The van der Waals surface area contributed by atoms with Crippen LogP contribution in [0.4, 0.5) is 5.69 Å². The van der Waals surface area contributed by atoms with Crippen molar-refractivity contribution >= 4 is 25.7 Å². The molecule has 0 saturated carbocycles. The lowest BCUT2D eigenvalue weighted by Crippen LogP contribution is -2.40. The Balaban J connectivity index is 1.72. The fourth-order valence-electron chi connectivity index (χ4n) is 3.80. The van der Waals surface area contributed by atoms with Crippen LogP contribution in [-0.4, -0.2) is 33.7 Å². The van der Waals surface area contributed by atoms with E-state index < -0.39 is 13.7 Å². The number of anilines is 1. The molecule has 5 heteroatoms. The van der Waals surface area contributed by atoms with Crippen LogP contribution < -0.4 is 4.90 Å². The number of carbonyl (C=O) groups excluding carboxylic acids is 2. The maximum atomic E-state index is 12.8. The van der Waals surface area contributed by atoms with Gasteiger partial charge in [-0.25, -0.2) is 0 Å². The highest BCUT2D eigenvalue weighted by Gasteiger charge is 2.45. The van der Waals surface area contributed by atoms with E-state index in [9.17, 15) is 9.59 Å². The van der Waals surface area contributed by atoms with Crippen LogP contribution in [0.2, 0.25) is 18.1 Å². The highest BCUT2D eigenvalue weighted by Crippen LogP contribution is 2.43. The van der Waals surface area contributed by atoms with Crippen molar-refractivity contribution in [3.63, 3.8) is 0 Å². The molecule has 2 rings (SSSR count). The van der Waals surface area contributed by atoms with E-state index in [1.807, 2.05) is 38.2 Å². The van der Waals surface area contributed by atoms with E-state index in [0.717, 1.165) is 37.1 Å². The molecule has 162 valence electrons. The van der Waals surface area contributed by atoms with E-state index in [1.54, 1.807) is 4.90 Å². The van der Waals surface area contributed by atoms with Crippen LogP contribution in [0.1, 0.15) is 71.8 Å². The Hall–Kier alpha value is -1.46. The van der Waals surface area contributed by atoms with Crippen LogP contribution in [0.25, 0.3) is 0 Å². The molecule has 0 spiro atoms. The van der Waals surface area contributed by atoms with Crippen LogP contribution >= 0.6 is 0 Å². The fourth-order valence-corrected chi connectivity index (χ4v) is 4.89. The van der Waals surface area contributed by atoms with Gasteiger partial charge in [0.05, 0.1) is 5.41 Å². The summed E-state index contributed by atoms with van der Waals surface area (Å²) in [5.41, 5.74) is 1.57. The molecule has 4 nitrogen and oxygen atoms in total. The highest BCUT2D eigenvalue weighted by molar-refractivity contribution is 6.74. The number of likely N-dealkylation sites (N-methyl/N-ethyl adjacent to an activating group) is 1. The topological polar surface area (TPSA) is 46.6 Å². The minimum absolute atomic E-state index is 0.133. The Morgan fingerprint density at radius 1 is 1.10 bits per heavy atom. The zero-order valence-corrected chi connectivity index (χ0v) is 20.4. The second kappa shape index (κ2) is 9.13. The van der Waals surface area contributed by atoms with E-state index in [1.165, 1.54) is 0 Å². The van der Waals surface area contributed by atoms with Crippen molar-refractivity contribution < 1.29 is 14.0 Å². The second-order valence-electron chi connectivity index (χ2n) is 10.2. The van der Waals surface area contributed by atoms with Gasteiger partial charge in [0.15, 0.2) is 8.32 Å². The first-order chi connectivity index (χ1) is 13.4. The molecule has 1 unspecified atom stereocenters. The maximum absolute atomic E-state index is 12.8. The van der Waals surface area contributed by atoms with E-state index >= 15 is 0 Å². The lowest BCUT2D eigenvalue weighted by molar-refractivity contribution is -0.123. The Labute approximate surface area is 178 Å². The van der Waals surface area contributed by atoms with E-state index in [-0.39, 0.29) is 10.9 Å². The molecular weight excluding hydrogens is 378 g/mol. The van der Waals surface area contributed by atoms with Crippen molar-refractivity contribution in [2.45, 2.75) is 89.8 Å². The standard InChI is InChI=1S/C24H39NO3Si/c1-23(2,3)29(6,7)28-18-11-10-13-19(26)14-12-17-24(4)20-15-8-9-16-21(20)25(5)22(24)27/h8-9,15-16H,10-14,17-18H2,1-7H3. The quantitative estimate of drug-likeness (QED) is 0.354. The number of Topliss-reactive ketones (excluding diaryl/α,β-unsaturated/α-hetero) is 1. The lowest BCUT2D eigenvalue weighted by atomic mass is 9.79. The van der Waals surface area contributed by atoms with Crippen molar-refractivity contribution in [2.75, 3.05) is 18.6 Å². The average Bonchev–Trinajstić information content (AvgIpc) is 2.83. The molecule has 0 aromatic heterocycles. The van der Waals surface area contributed by atoms with Crippen molar-refractivity contribution in [1.29, 1.82) is 0 Å². The smallest absolute Gasteiger partial charge is 0.237 e. The Bertz CT molecular complexity index is 738. The maximum Gasteiger partial charge on any atom is 0.237 e. The van der Waals surface area contributed by atoms with Crippen LogP contribution in [-0.2, 0) is 19.4 Å². The third-order valence-electron chi connectivity index (χ3n) is 6.89. The van der Waals surface area contributed by atoms with Crippen molar-refractivity contribution in [3.05, 3.63) is 29.8 Å². The predicted molar refractivity (Wildman–Crippen MR) is 123 cm³/mol. The number of hydrogen-bond acceptors (Lipinski definition) is 3. The van der Waals surface area contributed by atoms with Gasteiger partial charge >= 0.3 is 0 Å². The number of carbonyl (C=O) groups is 2. The molecule has 0 saturated heterocycles. The minimum atomic E-state index is -1.69. The van der Waals surface area contributed by atoms with Gasteiger partial charge in [-0.3, -0.25) is 9.59 Å². The summed E-state index contributed by atoms with van der Waals surface area (Å²) in [5, 5.41) is 0.225. The third-order valence-corrected chi connectivity index (χ3v) is 11.4. The molecule has 0 radical (unpaired) electrons. The summed E-state index contributed by atoms with van der Waals surface area (Å²) >= 11 is 0. The summed E-state index contributed by atoms with van der Waals surface area (Å²) < 4.78 is 6.18. The highest BCUT2D eigenvalue weighted by atomic mass is 28.4. The van der Waals surface area contributed by atoms with Crippen molar-refractivity contribution in [2.24, 2.45) is 0 Å². The average molecular weight is 418 g/mol. The molecule has 29 heavy (non-hydrogen) atoms. The van der Waals surface area contributed by atoms with Gasteiger partial charge in [0, 0.05) is 32.2 Å². The normalized spacial score (nSPS) is 19.6. The number of fused-ring (bicyclic) bond motifs is 1. The number of amides is 1. The van der Waals surface area contributed by atoms with Gasteiger partial charge in [-0.2, -0.15) is 0 Å². The first-order valence-corrected chi connectivity index (χ1v) is 13.8. The molecular formula is C24H39NO3Si. The molecule has 0 bridgehead atoms. The molecule has 0 aliphatic carbocycles. The first kappa shape index (κ1) is 23.8. The molecule has 1 aliphatic rings. The summed E-state index contributed by atoms with van der Waals surface area (Å²) in [5.74, 6) is 0.432. The number of benzene rings is 1. The molecule has 1 heterocycles. The lowest BCUT2D eigenvalue weighted by Gasteiger charge is -2.36. The predicted octanol–water partition coefficient (Wildman–Crippen LogP) is 5.85. The van der Waals surface area contributed by atoms with Gasteiger partial charge in [0.1, 0.15) is 5.78 Å². The SMILES string of the molecule is CN1C(=O)C(C)(CCCC(=O)CCCCO[Si](C)(C)C(C)(C)C)c2ccccc21. The second-order valence-corrected chi connectivity index (χ2v) is 15.0. The summed E-state index contributed by atoms with van der Waals surface area (Å²) in [7, 11) is 0.148. The van der Waals surface area contributed by atoms with E-state index in [4.69, 9.17) is 4.43 Å². The largest absolute Gasteiger partial charge is 0.417 e. The molecule has 0 fully saturated rings. The molecule has 1 aromatic carbocycles. The van der Waals surface area contributed by atoms with Crippen molar-refractivity contribution in [3.8, 4) is 0 Å². The van der Waals surface area contributed by atoms with Crippen LogP contribution in [0, 0.1) is 0 Å². The van der Waals surface area contributed by atoms with Crippen molar-refractivity contribution in [1.82, 2.24) is 0 Å². The minimum Gasteiger partial charge on any atom is -0.417 e. The number of hydrogen-bond donors (Lipinski definition) is 0. The number of unbranched alkanes of at least 4 members (excludes halogenated alkanes) is 1. The molecule has 1 aromatic rings. The van der Waals surface area contributed by atoms with Gasteiger partial charge < -0.3 is 9.33 Å². The van der Waals surface area contributed by atoms with Gasteiger partial charge in [-0.05, 0) is 62.4 Å².